The molecule has 456 valence electrons. The van der Waals surface area contributed by atoms with Gasteiger partial charge in [-0.15, -0.1) is 0 Å². The summed E-state index contributed by atoms with van der Waals surface area (Å²) in [5, 5.41) is 57.0. The molecule has 0 saturated carbocycles. The monoisotopic (exact) mass is 1100 g/mol. The van der Waals surface area contributed by atoms with Gasteiger partial charge in [0.15, 0.2) is 12.4 Å². The van der Waals surface area contributed by atoms with Crippen molar-refractivity contribution in [2.45, 2.75) is 352 Å². The number of hydrogen-bond acceptors (Lipinski definition) is 10. The smallest absolute Gasteiger partial charge is 0.306 e. The summed E-state index contributed by atoms with van der Waals surface area (Å²) in [6.45, 7) is 5.78. The quantitative estimate of drug-likeness (QED) is 0.0195. The van der Waals surface area contributed by atoms with Gasteiger partial charge in [-0.1, -0.05) is 281 Å². The van der Waals surface area contributed by atoms with Crippen LogP contribution in [0.15, 0.2) is 48.6 Å². The molecule has 78 heavy (non-hydrogen) atoms. The van der Waals surface area contributed by atoms with Gasteiger partial charge in [-0.05, 0) is 64.2 Å². The van der Waals surface area contributed by atoms with Crippen LogP contribution in [-0.2, 0) is 23.8 Å². The van der Waals surface area contributed by atoms with Crippen LogP contribution in [0, 0.1) is 0 Å². The fraction of sp³-hybridized carbons (Fsp3) is 0.851. The first-order chi connectivity index (χ1) is 38.2. The molecule has 1 rings (SSSR count). The normalized spacial score (nSPS) is 19.2. The van der Waals surface area contributed by atoms with Crippen LogP contribution >= 0.6 is 0 Å². The number of carbonyl (C=O) groups is 2. The van der Waals surface area contributed by atoms with Crippen LogP contribution < -0.4 is 5.32 Å². The van der Waals surface area contributed by atoms with Crippen molar-refractivity contribution >= 4 is 11.9 Å². The highest BCUT2D eigenvalue weighted by atomic mass is 16.7. The predicted octanol–water partition coefficient (Wildman–Crippen LogP) is 16.0. The van der Waals surface area contributed by atoms with E-state index < -0.39 is 67.4 Å². The van der Waals surface area contributed by atoms with Gasteiger partial charge in [0.25, 0.3) is 0 Å². The van der Waals surface area contributed by atoms with Crippen LogP contribution in [0.4, 0.5) is 0 Å². The van der Waals surface area contributed by atoms with Gasteiger partial charge in [-0.3, -0.25) is 9.59 Å². The fourth-order valence-corrected chi connectivity index (χ4v) is 10.2. The lowest BCUT2D eigenvalue weighted by atomic mass is 9.99. The molecule has 1 fully saturated rings. The first-order valence-electron chi connectivity index (χ1n) is 32.9. The van der Waals surface area contributed by atoms with Crippen LogP contribution in [0.2, 0.25) is 0 Å². The molecule has 1 aliphatic rings. The first kappa shape index (κ1) is 73.6. The van der Waals surface area contributed by atoms with E-state index in [9.17, 15) is 35.1 Å². The lowest BCUT2D eigenvalue weighted by Crippen LogP contribution is -2.61. The number of amides is 1. The molecule has 0 aromatic heterocycles. The van der Waals surface area contributed by atoms with E-state index >= 15 is 0 Å². The molecule has 0 radical (unpaired) electrons. The summed E-state index contributed by atoms with van der Waals surface area (Å²) in [6, 6.07) is -1.02. The predicted molar refractivity (Wildman–Crippen MR) is 324 cm³/mol. The molecule has 1 aliphatic heterocycles. The zero-order valence-electron chi connectivity index (χ0n) is 50.5. The first-order valence-corrected chi connectivity index (χ1v) is 32.9. The van der Waals surface area contributed by atoms with Crippen molar-refractivity contribution in [1.82, 2.24) is 5.32 Å². The van der Waals surface area contributed by atoms with E-state index in [0.717, 1.165) is 77.0 Å². The molecular weight excluding hydrogens is 979 g/mol. The Morgan fingerprint density at radius 3 is 1.35 bits per heavy atom. The summed E-state index contributed by atoms with van der Waals surface area (Å²) >= 11 is 0. The van der Waals surface area contributed by atoms with Gasteiger partial charge in [0.05, 0.1) is 25.4 Å². The third kappa shape index (κ3) is 42.5. The van der Waals surface area contributed by atoms with Crippen molar-refractivity contribution in [2.75, 3.05) is 13.2 Å². The van der Waals surface area contributed by atoms with Crippen LogP contribution in [0.5, 0.6) is 0 Å². The number of nitrogens with one attached hydrogen (secondary N) is 1. The van der Waals surface area contributed by atoms with Gasteiger partial charge in [0, 0.05) is 6.42 Å². The third-order valence-corrected chi connectivity index (χ3v) is 15.5. The van der Waals surface area contributed by atoms with Gasteiger partial charge in [0.1, 0.15) is 24.4 Å². The molecule has 6 N–H and O–H groups in total. The van der Waals surface area contributed by atoms with Gasteiger partial charge in [-0.25, -0.2) is 0 Å². The average molecular weight is 1100 g/mol. The molecular formula is C67H123NO10. The van der Waals surface area contributed by atoms with Gasteiger partial charge < -0.3 is 45.1 Å². The minimum Gasteiger partial charge on any atom is -0.454 e. The third-order valence-electron chi connectivity index (χ3n) is 15.5. The van der Waals surface area contributed by atoms with Crippen LogP contribution in [0.3, 0.4) is 0 Å². The van der Waals surface area contributed by atoms with E-state index in [1.807, 2.05) is 6.08 Å². The van der Waals surface area contributed by atoms with E-state index in [0.29, 0.717) is 19.3 Å². The second-order valence-corrected chi connectivity index (χ2v) is 22.9. The van der Waals surface area contributed by atoms with Crippen molar-refractivity contribution in [2.24, 2.45) is 0 Å². The lowest BCUT2D eigenvalue weighted by Gasteiger charge is -2.41. The Kier molecular flexibility index (Phi) is 52.1. The number of hydrogen-bond donors (Lipinski definition) is 6. The Balaban J connectivity index is 2.61. The van der Waals surface area contributed by atoms with E-state index in [1.165, 1.54) is 180 Å². The Morgan fingerprint density at radius 1 is 0.500 bits per heavy atom. The van der Waals surface area contributed by atoms with Crippen LogP contribution in [0.1, 0.15) is 303 Å². The van der Waals surface area contributed by atoms with E-state index in [-0.39, 0.29) is 13.0 Å². The van der Waals surface area contributed by atoms with Crippen LogP contribution in [0.25, 0.3) is 0 Å². The molecule has 1 amide bonds. The summed E-state index contributed by atoms with van der Waals surface area (Å²) in [6.07, 6.45) is 57.2. The fourth-order valence-electron chi connectivity index (χ4n) is 10.2. The summed E-state index contributed by atoms with van der Waals surface area (Å²) < 4.78 is 17.7. The number of esters is 1. The second-order valence-electron chi connectivity index (χ2n) is 22.9. The zero-order chi connectivity index (χ0) is 56.8. The highest BCUT2D eigenvalue weighted by Crippen LogP contribution is 2.26. The highest BCUT2D eigenvalue weighted by Gasteiger charge is 2.47. The molecule has 8 atom stereocenters. The molecule has 0 spiro atoms. The summed E-state index contributed by atoms with van der Waals surface area (Å²) in [5.41, 5.74) is 0. The van der Waals surface area contributed by atoms with Crippen molar-refractivity contribution in [3.05, 3.63) is 48.6 Å². The number of allylic oxidation sites excluding steroid dienone is 7. The second kappa shape index (κ2) is 55.2. The Morgan fingerprint density at radius 2 is 0.885 bits per heavy atom. The molecule has 11 nitrogen and oxygen atoms in total. The van der Waals surface area contributed by atoms with Crippen molar-refractivity contribution in [1.29, 1.82) is 0 Å². The molecule has 11 heteroatoms. The number of aliphatic hydroxyl groups is 5. The molecule has 0 aromatic carbocycles. The zero-order valence-corrected chi connectivity index (χ0v) is 50.5. The molecule has 0 bridgehead atoms. The number of carbonyl (C=O) groups excluding carboxylic acids is 2. The molecule has 0 aromatic rings. The maximum absolute atomic E-state index is 13.4. The molecule has 1 heterocycles. The van der Waals surface area contributed by atoms with Gasteiger partial charge >= 0.3 is 5.97 Å². The average Bonchev–Trinajstić information content (AvgIpc) is 3.45. The molecule has 0 aliphatic carbocycles. The highest BCUT2D eigenvalue weighted by molar-refractivity contribution is 5.80. The largest absolute Gasteiger partial charge is 0.454 e. The minimum atomic E-state index is -1.61. The van der Waals surface area contributed by atoms with E-state index in [2.05, 4.69) is 62.5 Å². The topological polar surface area (TPSA) is 175 Å². The Hall–Kier alpha value is -2.38. The SMILES string of the molecule is CCCCC/C=C\C/C=C\C/C=C\CCCCCCCCCCCCC(=O)OC1C(OCC(NC(=O)C(O)CCCCCCCCCCCCCCCC)C(O)/C=C/CCCCCCCCCCCC)OC(CO)C(O)C1O. The van der Waals surface area contributed by atoms with Crippen LogP contribution in [-0.4, -0.2) is 99.6 Å². The maximum atomic E-state index is 13.4. The number of unbranched alkanes of at least 4 members (excludes halogenated alkanes) is 36. The standard InChI is InChI=1S/C67H123NO10/c1-4-7-10-13-16-19-22-25-27-28-29-30-31-32-33-34-35-37-40-43-46-49-52-55-62(72)78-65-64(74)63(73)61(56-69)77-67(65)76-57-58(59(70)53-50-47-44-41-38-24-21-18-15-12-9-6-3)68-66(75)60(71)54-51-48-45-42-39-36-26-23-20-17-14-11-8-5-2/h16,19,25,27,29-30,50,53,58-61,63-65,67,69-71,73-74H,4-15,17-18,20-24,26,28,31-49,51-52,54-57H2,1-3H3,(H,68,75)/b19-16-,27-25-,30-29-,53-50+. The summed E-state index contributed by atoms with van der Waals surface area (Å²) in [7, 11) is 0. The number of aliphatic hydroxyl groups excluding tert-OH is 5. The summed E-state index contributed by atoms with van der Waals surface area (Å²) in [4.78, 5) is 26.6. The van der Waals surface area contributed by atoms with Crippen molar-refractivity contribution < 1.29 is 49.3 Å². The Bertz CT molecular complexity index is 1450. The lowest BCUT2D eigenvalue weighted by molar-refractivity contribution is -0.305. The number of ether oxygens (including phenoxy) is 3. The minimum absolute atomic E-state index is 0.120. The van der Waals surface area contributed by atoms with Gasteiger partial charge in [0.2, 0.25) is 5.91 Å². The Labute approximate surface area is 478 Å². The van der Waals surface area contributed by atoms with E-state index in [1.54, 1.807) is 6.08 Å². The summed E-state index contributed by atoms with van der Waals surface area (Å²) in [5.74, 6) is -1.19. The van der Waals surface area contributed by atoms with E-state index in [4.69, 9.17) is 14.2 Å². The molecule has 8 unspecified atom stereocenters. The van der Waals surface area contributed by atoms with Gasteiger partial charge in [-0.2, -0.15) is 0 Å². The number of rotatable bonds is 56. The van der Waals surface area contributed by atoms with Crippen molar-refractivity contribution in [3.8, 4) is 0 Å². The van der Waals surface area contributed by atoms with Crippen molar-refractivity contribution in [3.63, 3.8) is 0 Å². The molecule has 1 saturated heterocycles. The maximum Gasteiger partial charge on any atom is 0.306 e.